The molecule has 4 rings (SSSR count). The number of ether oxygens (including phenoxy) is 2. The molecular formula is C20H19FN2O4. The van der Waals surface area contributed by atoms with Gasteiger partial charge in [0.15, 0.2) is 0 Å². The van der Waals surface area contributed by atoms with Gasteiger partial charge in [0.2, 0.25) is 5.91 Å². The number of fused-ring (bicyclic) bond motifs is 1. The Bertz CT molecular complexity index is 872. The van der Waals surface area contributed by atoms with Crippen LogP contribution in [0.1, 0.15) is 22.6 Å². The summed E-state index contributed by atoms with van der Waals surface area (Å²) in [6.45, 7) is 0.864. The number of amides is 2. The number of carbonyl (C=O) groups excluding carboxylic acids is 2. The van der Waals surface area contributed by atoms with E-state index in [9.17, 15) is 14.0 Å². The first-order valence-corrected chi connectivity index (χ1v) is 8.82. The lowest BCUT2D eigenvalue weighted by Crippen LogP contribution is -2.43. The maximum absolute atomic E-state index is 14.5. The fourth-order valence-corrected chi connectivity index (χ4v) is 3.47. The van der Waals surface area contributed by atoms with Gasteiger partial charge in [-0.15, -0.1) is 0 Å². The summed E-state index contributed by atoms with van der Waals surface area (Å²) in [5.41, 5.74) is 2.15. The molecule has 0 saturated carbocycles. The van der Waals surface area contributed by atoms with Crippen LogP contribution in [0, 0.1) is 5.82 Å². The molecule has 0 spiro atoms. The quantitative estimate of drug-likeness (QED) is 0.866. The smallest absolute Gasteiger partial charge is 0.408 e. The Balaban J connectivity index is 1.46. The number of hydrogen-bond donors (Lipinski definition) is 2. The van der Waals surface area contributed by atoms with Gasteiger partial charge in [0, 0.05) is 24.9 Å². The highest BCUT2D eigenvalue weighted by Gasteiger charge is 2.39. The van der Waals surface area contributed by atoms with E-state index in [0.717, 1.165) is 11.1 Å². The van der Waals surface area contributed by atoms with E-state index < -0.39 is 23.9 Å². The highest BCUT2D eigenvalue weighted by atomic mass is 19.1. The van der Waals surface area contributed by atoms with Crippen LogP contribution in [0.15, 0.2) is 42.5 Å². The topological polar surface area (TPSA) is 76.7 Å². The summed E-state index contributed by atoms with van der Waals surface area (Å²) in [7, 11) is 0. The standard InChI is InChI=1S/C20H19FN2O4/c21-16-9-17-13(6-7-26-17)8-14(16)15-10-22-19(24)18(15)23-20(25)27-11-12-4-2-1-3-5-12/h1-5,8-9,15,18H,6-7,10-11H2,(H,22,24)(H,23,25). The Hall–Kier alpha value is -3.09. The lowest BCUT2D eigenvalue weighted by Gasteiger charge is -2.19. The molecule has 2 aromatic carbocycles. The average molecular weight is 370 g/mol. The fourth-order valence-electron chi connectivity index (χ4n) is 3.47. The van der Waals surface area contributed by atoms with Gasteiger partial charge in [-0.1, -0.05) is 30.3 Å². The molecule has 1 saturated heterocycles. The first kappa shape index (κ1) is 17.3. The molecule has 7 heteroatoms. The number of benzene rings is 2. The van der Waals surface area contributed by atoms with E-state index in [-0.39, 0.29) is 19.1 Å². The normalized spacial score (nSPS) is 20.6. The summed E-state index contributed by atoms with van der Waals surface area (Å²) >= 11 is 0. The number of rotatable bonds is 4. The zero-order valence-corrected chi connectivity index (χ0v) is 14.5. The second-order valence-corrected chi connectivity index (χ2v) is 6.62. The Labute approximate surface area is 155 Å². The SMILES string of the molecule is O=C(NC1C(=O)NCC1c1cc2c(cc1F)OCC2)OCc1ccccc1. The van der Waals surface area contributed by atoms with E-state index in [1.807, 2.05) is 30.3 Å². The molecule has 0 radical (unpaired) electrons. The zero-order valence-electron chi connectivity index (χ0n) is 14.5. The molecule has 2 atom stereocenters. The third kappa shape index (κ3) is 3.58. The van der Waals surface area contributed by atoms with Crippen LogP contribution in [0.4, 0.5) is 9.18 Å². The van der Waals surface area contributed by atoms with Gasteiger partial charge in [-0.2, -0.15) is 0 Å². The van der Waals surface area contributed by atoms with Crippen molar-refractivity contribution in [1.82, 2.24) is 10.6 Å². The van der Waals surface area contributed by atoms with Crippen molar-refractivity contribution < 1.29 is 23.5 Å². The molecule has 2 unspecified atom stereocenters. The fraction of sp³-hybridized carbons (Fsp3) is 0.300. The van der Waals surface area contributed by atoms with Crippen molar-refractivity contribution in [3.05, 3.63) is 65.0 Å². The van der Waals surface area contributed by atoms with Crippen LogP contribution in [0.25, 0.3) is 0 Å². The van der Waals surface area contributed by atoms with Gasteiger partial charge in [-0.05, 0) is 22.8 Å². The molecule has 2 N–H and O–H groups in total. The Kier molecular flexibility index (Phi) is 4.66. The molecule has 0 aliphatic carbocycles. The van der Waals surface area contributed by atoms with Crippen molar-refractivity contribution in [3.63, 3.8) is 0 Å². The van der Waals surface area contributed by atoms with Crippen LogP contribution in [0.5, 0.6) is 5.75 Å². The van der Waals surface area contributed by atoms with E-state index in [2.05, 4.69) is 10.6 Å². The highest BCUT2D eigenvalue weighted by molar-refractivity contribution is 5.89. The van der Waals surface area contributed by atoms with Crippen LogP contribution in [-0.4, -0.2) is 31.2 Å². The van der Waals surface area contributed by atoms with Crippen molar-refractivity contribution in [2.75, 3.05) is 13.2 Å². The van der Waals surface area contributed by atoms with Gasteiger partial charge < -0.3 is 20.1 Å². The summed E-state index contributed by atoms with van der Waals surface area (Å²) in [6.07, 6.45) is -0.00992. The summed E-state index contributed by atoms with van der Waals surface area (Å²) in [4.78, 5) is 24.3. The predicted octanol–water partition coefficient (Wildman–Crippen LogP) is 2.27. The predicted molar refractivity (Wildman–Crippen MR) is 94.9 cm³/mol. The molecule has 27 heavy (non-hydrogen) atoms. The van der Waals surface area contributed by atoms with E-state index in [1.54, 1.807) is 6.07 Å². The minimum atomic E-state index is -0.886. The van der Waals surface area contributed by atoms with Gasteiger partial charge in [0.1, 0.15) is 24.2 Å². The molecule has 2 aliphatic heterocycles. The van der Waals surface area contributed by atoms with Crippen LogP contribution in [0.2, 0.25) is 0 Å². The summed E-state index contributed by atoms with van der Waals surface area (Å²) in [6, 6.07) is 11.4. The third-order valence-electron chi connectivity index (χ3n) is 4.88. The average Bonchev–Trinajstić information content (AvgIpc) is 3.27. The Morgan fingerprint density at radius 3 is 2.93 bits per heavy atom. The van der Waals surface area contributed by atoms with Gasteiger partial charge >= 0.3 is 6.09 Å². The lowest BCUT2D eigenvalue weighted by atomic mass is 9.91. The van der Waals surface area contributed by atoms with Gasteiger partial charge in [0.25, 0.3) is 0 Å². The van der Waals surface area contributed by atoms with Crippen LogP contribution >= 0.6 is 0 Å². The molecule has 140 valence electrons. The monoisotopic (exact) mass is 370 g/mol. The summed E-state index contributed by atoms with van der Waals surface area (Å²) < 4.78 is 25.1. The second-order valence-electron chi connectivity index (χ2n) is 6.62. The van der Waals surface area contributed by atoms with E-state index in [1.165, 1.54) is 6.07 Å². The maximum Gasteiger partial charge on any atom is 0.408 e. The number of carbonyl (C=O) groups is 2. The third-order valence-corrected chi connectivity index (χ3v) is 4.88. The summed E-state index contributed by atoms with van der Waals surface area (Å²) in [5.74, 6) is -0.762. The molecule has 1 fully saturated rings. The first-order chi connectivity index (χ1) is 13.1. The van der Waals surface area contributed by atoms with Crippen molar-refractivity contribution in [2.45, 2.75) is 25.0 Å². The molecular weight excluding hydrogens is 351 g/mol. The van der Waals surface area contributed by atoms with Crippen molar-refractivity contribution in [3.8, 4) is 5.75 Å². The van der Waals surface area contributed by atoms with E-state index in [0.29, 0.717) is 24.3 Å². The van der Waals surface area contributed by atoms with E-state index in [4.69, 9.17) is 9.47 Å². The Morgan fingerprint density at radius 2 is 2.11 bits per heavy atom. The van der Waals surface area contributed by atoms with Crippen LogP contribution < -0.4 is 15.4 Å². The van der Waals surface area contributed by atoms with Crippen molar-refractivity contribution in [1.29, 1.82) is 0 Å². The maximum atomic E-state index is 14.5. The first-order valence-electron chi connectivity index (χ1n) is 8.82. The summed E-state index contributed by atoms with van der Waals surface area (Å²) in [5, 5.41) is 5.26. The van der Waals surface area contributed by atoms with Gasteiger partial charge in [0.05, 0.1) is 6.61 Å². The molecule has 2 aromatic rings. The van der Waals surface area contributed by atoms with Gasteiger partial charge in [-0.3, -0.25) is 4.79 Å². The molecule has 0 aromatic heterocycles. The minimum absolute atomic E-state index is 0.0935. The lowest BCUT2D eigenvalue weighted by molar-refractivity contribution is -0.120. The van der Waals surface area contributed by atoms with E-state index >= 15 is 0 Å². The number of hydrogen-bond acceptors (Lipinski definition) is 4. The van der Waals surface area contributed by atoms with Crippen LogP contribution in [0.3, 0.4) is 0 Å². The molecule has 0 bridgehead atoms. The largest absolute Gasteiger partial charge is 0.493 e. The van der Waals surface area contributed by atoms with Crippen molar-refractivity contribution in [2.24, 2.45) is 0 Å². The Morgan fingerprint density at radius 1 is 1.30 bits per heavy atom. The van der Waals surface area contributed by atoms with Gasteiger partial charge in [-0.25, -0.2) is 9.18 Å². The molecule has 2 aliphatic rings. The minimum Gasteiger partial charge on any atom is -0.493 e. The molecule has 2 amide bonds. The molecule has 2 heterocycles. The number of alkyl carbamates (subject to hydrolysis) is 1. The highest BCUT2D eigenvalue weighted by Crippen LogP contribution is 2.33. The van der Waals surface area contributed by atoms with Crippen LogP contribution in [-0.2, 0) is 22.6 Å². The zero-order chi connectivity index (χ0) is 18.8. The number of halogens is 1. The number of nitrogens with one attached hydrogen (secondary N) is 2. The second kappa shape index (κ2) is 7.26. The molecule has 6 nitrogen and oxygen atoms in total. The van der Waals surface area contributed by atoms with Crippen molar-refractivity contribution >= 4 is 12.0 Å².